The van der Waals surface area contributed by atoms with Crippen LogP contribution < -0.4 is 5.32 Å². The van der Waals surface area contributed by atoms with Gasteiger partial charge in [-0.3, -0.25) is 0 Å². The fourth-order valence-corrected chi connectivity index (χ4v) is 3.74. The van der Waals surface area contributed by atoms with Gasteiger partial charge < -0.3 is 15.0 Å². The maximum Gasteiger partial charge on any atom is 0.408 e. The third-order valence-electron chi connectivity index (χ3n) is 4.67. The zero-order valence-electron chi connectivity index (χ0n) is 13.3. The standard InChI is InChI=1S/C18H24N2O2/c1-3-9-18(10-4-2)16(20-17(21)22-18)11-13-12-19-15-8-6-5-7-14(13)15/h5-8,12,16,19H,3-4,9-11H2,1-2H3,(H,20,21)/t16-/m0/s1. The van der Waals surface area contributed by atoms with Gasteiger partial charge in [-0.15, -0.1) is 0 Å². The molecule has 1 saturated heterocycles. The van der Waals surface area contributed by atoms with E-state index in [9.17, 15) is 4.79 Å². The summed E-state index contributed by atoms with van der Waals surface area (Å²) in [6.45, 7) is 4.29. The summed E-state index contributed by atoms with van der Waals surface area (Å²) >= 11 is 0. The second kappa shape index (κ2) is 6.03. The van der Waals surface area contributed by atoms with Crippen molar-refractivity contribution >= 4 is 17.0 Å². The van der Waals surface area contributed by atoms with Gasteiger partial charge in [-0.2, -0.15) is 0 Å². The number of H-pyrrole nitrogens is 1. The summed E-state index contributed by atoms with van der Waals surface area (Å²) in [7, 11) is 0. The van der Waals surface area contributed by atoms with Crippen LogP contribution in [0.2, 0.25) is 0 Å². The molecule has 1 aromatic heterocycles. The monoisotopic (exact) mass is 300 g/mol. The Bertz CT molecular complexity index is 656. The van der Waals surface area contributed by atoms with E-state index in [1.807, 2.05) is 6.07 Å². The van der Waals surface area contributed by atoms with E-state index in [1.54, 1.807) is 0 Å². The molecule has 0 bridgehead atoms. The van der Waals surface area contributed by atoms with Crippen molar-refractivity contribution in [3.05, 3.63) is 36.0 Å². The molecule has 1 atom stereocenters. The van der Waals surface area contributed by atoms with Crippen molar-refractivity contribution in [2.75, 3.05) is 0 Å². The topological polar surface area (TPSA) is 54.1 Å². The molecular formula is C18H24N2O2. The average Bonchev–Trinajstić information content (AvgIpc) is 3.03. The number of cyclic esters (lactones) is 1. The third-order valence-corrected chi connectivity index (χ3v) is 4.67. The van der Waals surface area contributed by atoms with Gasteiger partial charge in [0, 0.05) is 17.1 Å². The van der Waals surface area contributed by atoms with Crippen LogP contribution in [0.5, 0.6) is 0 Å². The molecule has 1 aliphatic heterocycles. The van der Waals surface area contributed by atoms with Crippen LogP contribution in [0.1, 0.15) is 45.1 Å². The Morgan fingerprint density at radius 3 is 2.64 bits per heavy atom. The molecule has 4 heteroatoms. The van der Waals surface area contributed by atoms with Crippen molar-refractivity contribution in [3.8, 4) is 0 Å². The van der Waals surface area contributed by atoms with Crippen molar-refractivity contribution in [2.45, 2.75) is 57.6 Å². The molecule has 1 amide bonds. The van der Waals surface area contributed by atoms with Crippen molar-refractivity contribution in [3.63, 3.8) is 0 Å². The molecule has 2 heterocycles. The van der Waals surface area contributed by atoms with Gasteiger partial charge in [-0.05, 0) is 30.9 Å². The number of rotatable bonds is 6. The SMILES string of the molecule is CCCC1(CCC)OC(=O)N[C@H]1Cc1c[nH]c2ccccc12. The third kappa shape index (κ3) is 2.58. The summed E-state index contributed by atoms with van der Waals surface area (Å²) in [4.78, 5) is 15.2. The van der Waals surface area contributed by atoms with Gasteiger partial charge in [0.05, 0.1) is 6.04 Å². The Balaban J connectivity index is 1.90. The molecule has 0 spiro atoms. The molecule has 4 nitrogen and oxygen atoms in total. The summed E-state index contributed by atoms with van der Waals surface area (Å²) in [6.07, 6.45) is 6.43. The largest absolute Gasteiger partial charge is 0.441 e. The molecule has 3 rings (SSSR count). The lowest BCUT2D eigenvalue weighted by molar-refractivity contribution is 0.0198. The van der Waals surface area contributed by atoms with Crippen LogP contribution in [-0.2, 0) is 11.2 Å². The van der Waals surface area contributed by atoms with E-state index in [0.717, 1.165) is 37.6 Å². The lowest BCUT2D eigenvalue weighted by Gasteiger charge is -2.32. The first-order chi connectivity index (χ1) is 10.7. The predicted octanol–water partition coefficient (Wildman–Crippen LogP) is 4.16. The molecule has 0 radical (unpaired) electrons. The first kappa shape index (κ1) is 14.9. The number of carbonyl (C=O) groups is 1. The molecule has 1 aliphatic rings. The molecule has 0 aliphatic carbocycles. The quantitative estimate of drug-likeness (QED) is 0.841. The first-order valence-electron chi connectivity index (χ1n) is 8.23. The summed E-state index contributed by atoms with van der Waals surface area (Å²) in [6, 6.07) is 8.32. The van der Waals surface area contributed by atoms with Gasteiger partial charge in [0.25, 0.3) is 0 Å². The molecule has 2 aromatic rings. The number of nitrogens with one attached hydrogen (secondary N) is 2. The van der Waals surface area contributed by atoms with E-state index in [2.05, 4.69) is 48.5 Å². The van der Waals surface area contributed by atoms with Gasteiger partial charge in [-0.1, -0.05) is 44.9 Å². The second-order valence-electron chi connectivity index (χ2n) is 6.21. The van der Waals surface area contributed by atoms with Gasteiger partial charge in [0.2, 0.25) is 0 Å². The fraction of sp³-hybridized carbons (Fsp3) is 0.500. The van der Waals surface area contributed by atoms with Crippen molar-refractivity contribution in [1.29, 1.82) is 0 Å². The highest BCUT2D eigenvalue weighted by Crippen LogP contribution is 2.35. The molecule has 2 N–H and O–H groups in total. The number of ether oxygens (including phenoxy) is 1. The number of carbonyl (C=O) groups excluding carboxylic acids is 1. The van der Waals surface area contributed by atoms with E-state index in [1.165, 1.54) is 10.9 Å². The van der Waals surface area contributed by atoms with Gasteiger partial charge in [-0.25, -0.2) is 4.79 Å². The number of aromatic nitrogens is 1. The lowest BCUT2D eigenvalue weighted by atomic mass is 9.82. The number of hydrogen-bond acceptors (Lipinski definition) is 2. The van der Waals surface area contributed by atoms with Crippen LogP contribution in [0.25, 0.3) is 10.9 Å². The molecular weight excluding hydrogens is 276 g/mol. The van der Waals surface area contributed by atoms with Crippen LogP contribution in [-0.4, -0.2) is 22.7 Å². The number of para-hydroxylation sites is 1. The summed E-state index contributed by atoms with van der Waals surface area (Å²) in [5.41, 5.74) is 2.01. The van der Waals surface area contributed by atoms with Crippen molar-refractivity contribution < 1.29 is 9.53 Å². The maximum atomic E-state index is 11.9. The highest BCUT2D eigenvalue weighted by molar-refractivity contribution is 5.83. The minimum Gasteiger partial charge on any atom is -0.441 e. The Morgan fingerprint density at radius 2 is 1.91 bits per heavy atom. The molecule has 0 unspecified atom stereocenters. The van der Waals surface area contributed by atoms with E-state index in [0.29, 0.717) is 0 Å². The van der Waals surface area contributed by atoms with E-state index in [-0.39, 0.29) is 17.7 Å². The summed E-state index contributed by atoms with van der Waals surface area (Å²) in [5, 5.41) is 4.27. The summed E-state index contributed by atoms with van der Waals surface area (Å²) in [5.74, 6) is 0. The van der Waals surface area contributed by atoms with Gasteiger partial charge >= 0.3 is 6.09 Å². The molecule has 118 valence electrons. The van der Waals surface area contributed by atoms with Crippen LogP contribution in [0.15, 0.2) is 30.5 Å². The van der Waals surface area contributed by atoms with Crippen LogP contribution in [0, 0.1) is 0 Å². The molecule has 1 fully saturated rings. The predicted molar refractivity (Wildman–Crippen MR) is 88.0 cm³/mol. The van der Waals surface area contributed by atoms with Gasteiger partial charge in [0.15, 0.2) is 0 Å². The average molecular weight is 300 g/mol. The van der Waals surface area contributed by atoms with Crippen LogP contribution in [0.4, 0.5) is 4.79 Å². The van der Waals surface area contributed by atoms with E-state index in [4.69, 9.17) is 4.74 Å². The van der Waals surface area contributed by atoms with Crippen LogP contribution >= 0.6 is 0 Å². The normalized spacial score (nSPS) is 20.1. The smallest absolute Gasteiger partial charge is 0.408 e. The first-order valence-corrected chi connectivity index (χ1v) is 8.23. The molecule has 1 aromatic carbocycles. The molecule has 22 heavy (non-hydrogen) atoms. The highest BCUT2D eigenvalue weighted by Gasteiger charge is 2.47. The lowest BCUT2D eigenvalue weighted by Crippen LogP contribution is -2.45. The van der Waals surface area contributed by atoms with E-state index < -0.39 is 0 Å². The Morgan fingerprint density at radius 1 is 1.18 bits per heavy atom. The zero-order valence-corrected chi connectivity index (χ0v) is 13.3. The number of hydrogen-bond donors (Lipinski definition) is 2. The van der Waals surface area contributed by atoms with Crippen LogP contribution in [0.3, 0.4) is 0 Å². The van der Waals surface area contributed by atoms with E-state index >= 15 is 0 Å². The minimum atomic E-state index is -0.362. The Kier molecular flexibility index (Phi) is 4.10. The fourth-order valence-electron chi connectivity index (χ4n) is 3.74. The number of fused-ring (bicyclic) bond motifs is 1. The minimum absolute atomic E-state index is 0.0408. The zero-order chi connectivity index (χ0) is 15.6. The van der Waals surface area contributed by atoms with Gasteiger partial charge in [0.1, 0.15) is 5.60 Å². The summed E-state index contributed by atoms with van der Waals surface area (Å²) < 4.78 is 5.74. The highest BCUT2D eigenvalue weighted by atomic mass is 16.6. The Hall–Kier alpha value is -1.97. The molecule has 0 saturated carbocycles. The second-order valence-corrected chi connectivity index (χ2v) is 6.21. The van der Waals surface area contributed by atoms with Crippen molar-refractivity contribution in [1.82, 2.24) is 10.3 Å². The number of alkyl carbamates (subject to hydrolysis) is 1. The number of benzene rings is 1. The Labute approximate surface area is 131 Å². The van der Waals surface area contributed by atoms with Crippen molar-refractivity contribution in [2.24, 2.45) is 0 Å². The maximum absolute atomic E-state index is 11.9. The number of amides is 1. The number of aromatic amines is 1.